The number of nitrogens with one attached hydrogen (secondary N) is 1. The van der Waals surface area contributed by atoms with Crippen molar-refractivity contribution in [2.45, 2.75) is 0 Å². The zero-order chi connectivity index (χ0) is 22.2. The van der Waals surface area contributed by atoms with Crippen LogP contribution in [0.1, 0.15) is 11.1 Å². The average Bonchev–Trinajstić information content (AvgIpc) is 3.40. The molecule has 3 aromatic heterocycles. The van der Waals surface area contributed by atoms with Crippen LogP contribution in [0.2, 0.25) is 0 Å². The summed E-state index contributed by atoms with van der Waals surface area (Å²) < 4.78 is 7.41. The Labute approximate surface area is 188 Å². The van der Waals surface area contributed by atoms with E-state index in [1.54, 1.807) is 4.40 Å². The molecule has 0 bridgehead atoms. The molecule has 0 amide bonds. The first-order valence-corrected chi connectivity index (χ1v) is 10.7. The van der Waals surface area contributed by atoms with Gasteiger partial charge in [-0.1, -0.05) is 78.9 Å². The van der Waals surface area contributed by atoms with Crippen LogP contribution >= 0.6 is 0 Å². The predicted molar refractivity (Wildman–Crippen MR) is 130 cm³/mol. The van der Waals surface area contributed by atoms with Crippen molar-refractivity contribution < 1.29 is 4.42 Å². The van der Waals surface area contributed by atoms with Gasteiger partial charge in [-0.25, -0.2) is 4.79 Å². The van der Waals surface area contributed by atoms with Gasteiger partial charge in [-0.05, 0) is 35.4 Å². The van der Waals surface area contributed by atoms with E-state index in [1.165, 1.54) is 0 Å². The van der Waals surface area contributed by atoms with Crippen molar-refractivity contribution in [3.63, 3.8) is 0 Å². The second kappa shape index (κ2) is 7.80. The largest absolute Gasteiger partial charge is 0.387 e. The lowest BCUT2D eigenvalue weighted by Crippen LogP contribution is -2.26. The fraction of sp³-hybridized carbons (Fsp3) is 0. The number of aromatic nitrogens is 3. The van der Waals surface area contributed by atoms with Gasteiger partial charge in [0.2, 0.25) is 0 Å². The topological polar surface area (TPSA) is 63.3 Å². The third kappa shape index (κ3) is 3.46. The molecule has 33 heavy (non-hydrogen) atoms. The van der Waals surface area contributed by atoms with Gasteiger partial charge in [0, 0.05) is 22.7 Å². The first kappa shape index (κ1) is 19.1. The number of oxazole rings is 1. The monoisotopic (exact) mass is 429 g/mol. The summed E-state index contributed by atoms with van der Waals surface area (Å²) in [6.45, 7) is 0. The number of para-hydroxylation sites is 1. The highest BCUT2D eigenvalue weighted by atomic mass is 16.4. The zero-order valence-corrected chi connectivity index (χ0v) is 17.6. The van der Waals surface area contributed by atoms with Crippen LogP contribution in [-0.4, -0.2) is 14.4 Å². The molecule has 1 N–H and O–H groups in total. The molecule has 3 aromatic carbocycles. The van der Waals surface area contributed by atoms with Crippen LogP contribution < -0.4 is 16.3 Å². The average molecular weight is 429 g/mol. The Balaban J connectivity index is 1.67. The van der Waals surface area contributed by atoms with E-state index < -0.39 is 5.63 Å². The first-order chi connectivity index (χ1) is 16.3. The third-order valence-electron chi connectivity index (χ3n) is 5.67. The minimum absolute atomic E-state index is 0.259. The molecule has 0 aliphatic heterocycles. The molecule has 5 nitrogen and oxygen atoms in total. The fourth-order valence-electron chi connectivity index (χ4n) is 4.13. The Morgan fingerprint density at radius 3 is 2.39 bits per heavy atom. The van der Waals surface area contributed by atoms with Crippen LogP contribution in [-0.2, 0) is 0 Å². The highest BCUT2D eigenvalue weighted by Gasteiger charge is 2.12. The maximum Gasteiger partial charge on any atom is 0.363 e. The number of fused-ring (bicyclic) bond motifs is 2. The molecule has 0 aliphatic rings. The number of nitrogens with zero attached hydrogens (tertiary/aromatic N) is 2. The summed E-state index contributed by atoms with van der Waals surface area (Å²) in [6, 6.07) is 29.8. The van der Waals surface area contributed by atoms with E-state index in [0.717, 1.165) is 33.3 Å². The van der Waals surface area contributed by atoms with Gasteiger partial charge in [0.1, 0.15) is 5.35 Å². The smallest absolute Gasteiger partial charge is 0.363 e. The Kier molecular flexibility index (Phi) is 4.51. The first-order valence-electron chi connectivity index (χ1n) is 10.7. The van der Waals surface area contributed by atoms with Gasteiger partial charge in [0.25, 0.3) is 0 Å². The summed E-state index contributed by atoms with van der Waals surface area (Å²) in [5.74, 6) is 0.259. The van der Waals surface area contributed by atoms with Gasteiger partial charge in [-0.15, -0.1) is 0 Å². The summed E-state index contributed by atoms with van der Waals surface area (Å²) in [4.78, 5) is 20.8. The van der Waals surface area contributed by atoms with Gasteiger partial charge in [0.15, 0.2) is 0 Å². The molecule has 0 spiro atoms. The lowest BCUT2D eigenvalue weighted by atomic mass is 10.1. The normalized spacial score (nSPS) is 12.7. The van der Waals surface area contributed by atoms with Crippen LogP contribution in [0.5, 0.6) is 0 Å². The molecule has 0 atom stereocenters. The zero-order valence-electron chi connectivity index (χ0n) is 17.6. The summed E-state index contributed by atoms with van der Waals surface area (Å²) in [5.41, 5.74) is 4.37. The van der Waals surface area contributed by atoms with Crippen molar-refractivity contribution >= 4 is 28.9 Å². The van der Waals surface area contributed by atoms with Gasteiger partial charge < -0.3 is 9.40 Å². The van der Waals surface area contributed by atoms with Crippen LogP contribution in [0.4, 0.5) is 0 Å². The molecular weight excluding hydrogens is 410 g/mol. The van der Waals surface area contributed by atoms with Crippen LogP contribution in [0, 0.1) is 0 Å². The SMILES string of the molecule is O=c1oc2n/c(=C/c3c[nH]c4ccccc34)cc(-c3ccccc3)n2/c1=C/c1ccccc1. The number of H-pyrrole nitrogens is 1. The summed E-state index contributed by atoms with van der Waals surface area (Å²) in [6.07, 6.45) is 5.79. The van der Waals surface area contributed by atoms with Crippen LogP contribution in [0.3, 0.4) is 0 Å². The molecule has 6 rings (SSSR count). The Hall–Kier alpha value is -4.64. The molecule has 5 heteroatoms. The quantitative estimate of drug-likeness (QED) is 0.461. The standard InChI is InChI=1S/C28H19N3O2/c32-27-26(15-19-9-3-1-4-10-19)31-25(20-11-5-2-6-12-20)17-22(30-28(31)33-27)16-21-18-29-24-14-8-7-13-23(21)24/h1-18,29H/b22-16+,26-15+. The fourth-order valence-corrected chi connectivity index (χ4v) is 4.13. The third-order valence-corrected chi connectivity index (χ3v) is 5.67. The van der Waals surface area contributed by atoms with Crippen molar-refractivity contribution in [2.75, 3.05) is 0 Å². The van der Waals surface area contributed by atoms with Crippen molar-refractivity contribution in [3.05, 3.63) is 129 Å². The highest BCUT2D eigenvalue weighted by molar-refractivity contribution is 5.88. The van der Waals surface area contributed by atoms with Gasteiger partial charge in [0.05, 0.1) is 11.0 Å². The van der Waals surface area contributed by atoms with Gasteiger partial charge in [-0.3, -0.25) is 4.40 Å². The van der Waals surface area contributed by atoms with E-state index in [9.17, 15) is 4.79 Å². The summed E-state index contributed by atoms with van der Waals surface area (Å²) >= 11 is 0. The molecule has 0 radical (unpaired) electrons. The van der Waals surface area contributed by atoms with E-state index in [2.05, 4.69) is 16.0 Å². The molecular formula is C28H19N3O2. The Bertz CT molecular complexity index is 1780. The molecule has 0 saturated carbocycles. The molecule has 158 valence electrons. The maximum absolute atomic E-state index is 12.9. The maximum atomic E-state index is 12.9. The summed E-state index contributed by atoms with van der Waals surface area (Å²) in [5, 5.41) is 2.25. The molecule has 3 heterocycles. The van der Waals surface area contributed by atoms with Gasteiger partial charge in [-0.2, -0.15) is 4.98 Å². The van der Waals surface area contributed by atoms with E-state index in [0.29, 0.717) is 10.7 Å². The lowest BCUT2D eigenvalue weighted by molar-refractivity contribution is 0.552. The molecule has 0 saturated heterocycles. The molecule has 0 unspecified atom stereocenters. The predicted octanol–water partition coefficient (Wildman–Crippen LogP) is 4.09. The van der Waals surface area contributed by atoms with E-state index in [-0.39, 0.29) is 5.84 Å². The van der Waals surface area contributed by atoms with Crippen molar-refractivity contribution in [2.24, 2.45) is 0 Å². The minimum Gasteiger partial charge on any atom is -0.387 e. The number of aromatic amines is 1. The number of hydrogen-bond donors (Lipinski definition) is 1. The lowest BCUT2D eigenvalue weighted by Gasteiger charge is -2.05. The molecule has 0 fully saturated rings. The van der Waals surface area contributed by atoms with Crippen LogP contribution in [0.25, 0.3) is 40.2 Å². The van der Waals surface area contributed by atoms with Crippen molar-refractivity contribution in [1.82, 2.24) is 14.4 Å². The number of rotatable bonds is 3. The molecule has 6 aromatic rings. The minimum atomic E-state index is -0.423. The van der Waals surface area contributed by atoms with Crippen LogP contribution in [0.15, 0.2) is 106 Å². The second-order valence-electron chi connectivity index (χ2n) is 7.81. The van der Waals surface area contributed by atoms with Crippen molar-refractivity contribution in [3.8, 4) is 11.3 Å². The van der Waals surface area contributed by atoms with Gasteiger partial charge >= 0.3 is 11.5 Å². The molecule has 0 aliphatic carbocycles. The van der Waals surface area contributed by atoms with E-state index >= 15 is 0 Å². The van der Waals surface area contributed by atoms with Crippen molar-refractivity contribution in [1.29, 1.82) is 0 Å². The summed E-state index contributed by atoms with van der Waals surface area (Å²) in [7, 11) is 0. The Morgan fingerprint density at radius 2 is 1.58 bits per heavy atom. The Morgan fingerprint density at radius 1 is 0.848 bits per heavy atom. The van der Waals surface area contributed by atoms with E-state index in [4.69, 9.17) is 4.42 Å². The second-order valence-corrected chi connectivity index (χ2v) is 7.81. The number of hydrogen-bond acceptors (Lipinski definition) is 3. The number of benzene rings is 3. The highest BCUT2D eigenvalue weighted by Crippen LogP contribution is 2.19. The van der Waals surface area contributed by atoms with E-state index in [1.807, 2.05) is 103 Å².